The van der Waals surface area contributed by atoms with E-state index >= 15 is 0 Å². The van der Waals surface area contributed by atoms with Crippen molar-refractivity contribution < 1.29 is 4.52 Å². The molecule has 0 spiro atoms. The fourth-order valence-corrected chi connectivity index (χ4v) is 3.92. The number of anilines is 1. The van der Waals surface area contributed by atoms with E-state index in [-0.39, 0.29) is 0 Å². The van der Waals surface area contributed by atoms with Crippen LogP contribution in [0.15, 0.2) is 57.8 Å². The van der Waals surface area contributed by atoms with Gasteiger partial charge < -0.3 is 4.90 Å². The molecule has 2 aromatic carbocycles. The third kappa shape index (κ3) is 3.93. The van der Waals surface area contributed by atoms with Crippen LogP contribution in [-0.4, -0.2) is 21.7 Å². The zero-order chi connectivity index (χ0) is 18.6. The molecule has 0 aliphatic heterocycles. The van der Waals surface area contributed by atoms with E-state index in [0.29, 0.717) is 5.82 Å². The van der Waals surface area contributed by atoms with Gasteiger partial charge in [0.1, 0.15) is 0 Å². The first-order chi connectivity index (χ1) is 13.2. The zero-order valence-electron chi connectivity index (χ0n) is 15.0. The largest absolute Gasteiger partial charge is 0.439 e. The lowest BCUT2D eigenvalue weighted by atomic mass is 10.1. The van der Waals surface area contributed by atoms with E-state index in [2.05, 4.69) is 50.8 Å². The van der Waals surface area contributed by atoms with E-state index in [9.17, 15) is 4.79 Å². The van der Waals surface area contributed by atoms with E-state index < -0.39 is 5.76 Å². The number of aromatic nitrogens is 3. The summed E-state index contributed by atoms with van der Waals surface area (Å²) in [6.07, 6.45) is 2.26. The fraction of sp³-hybridized carbons (Fsp3) is 0.250. The van der Waals surface area contributed by atoms with E-state index in [1.807, 2.05) is 24.3 Å². The summed E-state index contributed by atoms with van der Waals surface area (Å²) >= 11 is 1.73. The SMILES string of the molecule is CCCCN(Cc1ccc(-c2noc(=O)[nH]2)cc1)c1nc2ccccc2s1. The molecule has 0 atom stereocenters. The van der Waals surface area contributed by atoms with Gasteiger partial charge in [-0.15, -0.1) is 0 Å². The van der Waals surface area contributed by atoms with Gasteiger partial charge in [-0.05, 0) is 24.1 Å². The van der Waals surface area contributed by atoms with E-state index in [4.69, 9.17) is 4.98 Å². The predicted octanol–water partition coefficient (Wildman–Crippen LogP) is 4.45. The molecule has 0 aliphatic carbocycles. The molecule has 1 N–H and O–H groups in total. The molecule has 0 bridgehead atoms. The Hall–Kier alpha value is -2.93. The number of hydrogen-bond acceptors (Lipinski definition) is 6. The Balaban J connectivity index is 1.56. The first-order valence-electron chi connectivity index (χ1n) is 8.99. The molecular formula is C20H20N4O2S. The minimum Gasteiger partial charge on any atom is -0.344 e. The molecule has 0 saturated carbocycles. The molecule has 4 aromatic rings. The minimum atomic E-state index is -0.546. The number of hydrogen-bond donors (Lipinski definition) is 1. The molecule has 0 unspecified atom stereocenters. The van der Waals surface area contributed by atoms with Gasteiger partial charge in [0, 0.05) is 18.7 Å². The third-order valence-corrected chi connectivity index (χ3v) is 5.47. The predicted molar refractivity (Wildman–Crippen MR) is 108 cm³/mol. The van der Waals surface area contributed by atoms with Crippen molar-refractivity contribution in [3.05, 3.63) is 64.6 Å². The number of thiazole rings is 1. The molecule has 0 fully saturated rings. The number of nitrogens with one attached hydrogen (secondary N) is 1. The molecule has 0 saturated heterocycles. The van der Waals surface area contributed by atoms with Gasteiger partial charge in [0.25, 0.3) is 0 Å². The molecule has 0 amide bonds. The lowest BCUT2D eigenvalue weighted by molar-refractivity contribution is 0.388. The van der Waals surface area contributed by atoms with Gasteiger partial charge in [-0.3, -0.25) is 9.51 Å². The quantitative estimate of drug-likeness (QED) is 0.513. The van der Waals surface area contributed by atoms with Crippen molar-refractivity contribution in [3.63, 3.8) is 0 Å². The Kier molecular flexibility index (Phi) is 5.02. The second-order valence-corrected chi connectivity index (χ2v) is 7.39. The normalized spacial score (nSPS) is 11.1. The molecular weight excluding hydrogens is 360 g/mol. The Morgan fingerprint density at radius 3 is 2.67 bits per heavy atom. The molecule has 2 heterocycles. The molecule has 7 heteroatoms. The van der Waals surface area contributed by atoms with Crippen molar-refractivity contribution in [1.29, 1.82) is 0 Å². The Morgan fingerprint density at radius 1 is 1.15 bits per heavy atom. The number of unbranched alkanes of at least 4 members (excludes halogenated alkanes) is 1. The molecule has 4 rings (SSSR count). The van der Waals surface area contributed by atoms with E-state index in [0.717, 1.165) is 42.1 Å². The second-order valence-electron chi connectivity index (χ2n) is 6.38. The van der Waals surface area contributed by atoms with Crippen LogP contribution in [0.1, 0.15) is 25.3 Å². The van der Waals surface area contributed by atoms with Gasteiger partial charge in [0.05, 0.1) is 10.2 Å². The lowest BCUT2D eigenvalue weighted by Gasteiger charge is -2.21. The molecule has 2 aromatic heterocycles. The summed E-state index contributed by atoms with van der Waals surface area (Å²) in [4.78, 5) is 20.8. The van der Waals surface area contributed by atoms with Gasteiger partial charge in [-0.2, -0.15) is 0 Å². The average molecular weight is 380 g/mol. The number of aromatic amines is 1. The Morgan fingerprint density at radius 2 is 1.96 bits per heavy atom. The summed E-state index contributed by atoms with van der Waals surface area (Å²) < 4.78 is 5.78. The molecule has 27 heavy (non-hydrogen) atoms. The first-order valence-corrected chi connectivity index (χ1v) is 9.80. The minimum absolute atomic E-state index is 0.445. The highest BCUT2D eigenvalue weighted by Gasteiger charge is 2.13. The van der Waals surface area contributed by atoms with Crippen LogP contribution in [0, 0.1) is 0 Å². The van der Waals surface area contributed by atoms with E-state index in [1.54, 1.807) is 11.3 Å². The highest BCUT2D eigenvalue weighted by atomic mass is 32.1. The third-order valence-electron chi connectivity index (χ3n) is 4.38. The molecule has 0 radical (unpaired) electrons. The summed E-state index contributed by atoms with van der Waals surface area (Å²) in [5, 5.41) is 4.78. The lowest BCUT2D eigenvalue weighted by Crippen LogP contribution is -2.23. The van der Waals surface area contributed by atoms with Gasteiger partial charge in [0.2, 0.25) is 0 Å². The number of H-pyrrole nitrogens is 1. The summed E-state index contributed by atoms with van der Waals surface area (Å²) in [6.45, 7) is 3.95. The van der Waals surface area contributed by atoms with Crippen LogP contribution in [0.3, 0.4) is 0 Å². The highest BCUT2D eigenvalue weighted by Crippen LogP contribution is 2.30. The second kappa shape index (κ2) is 7.75. The van der Waals surface area contributed by atoms with Crippen molar-refractivity contribution >= 4 is 26.7 Å². The van der Waals surface area contributed by atoms with Gasteiger partial charge in [0.15, 0.2) is 11.0 Å². The van der Waals surface area contributed by atoms with Crippen molar-refractivity contribution in [3.8, 4) is 11.4 Å². The Bertz CT molecular complexity index is 1050. The van der Waals surface area contributed by atoms with Gasteiger partial charge in [-0.1, -0.05) is 66.2 Å². The fourth-order valence-electron chi connectivity index (χ4n) is 2.93. The number of benzene rings is 2. The molecule has 6 nitrogen and oxygen atoms in total. The summed E-state index contributed by atoms with van der Waals surface area (Å²) in [7, 11) is 0. The first kappa shape index (κ1) is 17.5. The number of nitrogens with zero attached hydrogens (tertiary/aromatic N) is 3. The Labute approximate surface area is 160 Å². The molecule has 138 valence electrons. The number of fused-ring (bicyclic) bond motifs is 1. The van der Waals surface area contributed by atoms with Crippen LogP contribution in [-0.2, 0) is 6.54 Å². The summed E-state index contributed by atoms with van der Waals surface area (Å²) in [5.74, 6) is -0.101. The zero-order valence-corrected chi connectivity index (χ0v) is 15.8. The van der Waals surface area contributed by atoms with Crippen LogP contribution >= 0.6 is 11.3 Å². The van der Waals surface area contributed by atoms with Crippen LogP contribution in [0.2, 0.25) is 0 Å². The van der Waals surface area contributed by atoms with Crippen molar-refractivity contribution in [2.75, 3.05) is 11.4 Å². The molecule has 0 aliphatic rings. The smallest absolute Gasteiger partial charge is 0.344 e. The maximum atomic E-state index is 11.1. The van der Waals surface area contributed by atoms with E-state index in [1.165, 1.54) is 10.3 Å². The van der Waals surface area contributed by atoms with Crippen molar-refractivity contribution in [2.45, 2.75) is 26.3 Å². The standard InChI is InChI=1S/C20H20N4O2S/c1-2-3-12-24(19-21-16-6-4-5-7-17(16)27-19)13-14-8-10-15(11-9-14)18-22-20(25)26-23-18/h4-11H,2-3,12-13H2,1H3,(H,22,23,25). The van der Waals surface area contributed by atoms with Crippen molar-refractivity contribution in [1.82, 2.24) is 15.1 Å². The summed E-state index contributed by atoms with van der Waals surface area (Å²) in [6, 6.07) is 16.2. The summed E-state index contributed by atoms with van der Waals surface area (Å²) in [5.41, 5.74) is 3.05. The van der Waals surface area contributed by atoms with Crippen LogP contribution in [0.4, 0.5) is 5.13 Å². The monoisotopic (exact) mass is 380 g/mol. The van der Waals surface area contributed by atoms with Crippen LogP contribution < -0.4 is 10.7 Å². The topological polar surface area (TPSA) is 75.0 Å². The van der Waals surface area contributed by atoms with Gasteiger partial charge >= 0.3 is 5.76 Å². The average Bonchev–Trinajstić information content (AvgIpc) is 3.31. The van der Waals surface area contributed by atoms with Gasteiger partial charge in [-0.25, -0.2) is 9.78 Å². The maximum absolute atomic E-state index is 11.1. The van der Waals surface area contributed by atoms with Crippen molar-refractivity contribution in [2.24, 2.45) is 0 Å². The number of para-hydroxylation sites is 1. The van der Waals surface area contributed by atoms with Crippen LogP contribution in [0.5, 0.6) is 0 Å². The highest BCUT2D eigenvalue weighted by molar-refractivity contribution is 7.22. The maximum Gasteiger partial charge on any atom is 0.439 e. The van der Waals surface area contributed by atoms with Crippen LogP contribution in [0.25, 0.3) is 21.6 Å². The number of rotatable bonds is 7.